The molecule has 4 aromatic rings. The van der Waals surface area contributed by atoms with E-state index < -0.39 is 0 Å². The molecule has 0 aliphatic carbocycles. The molecule has 0 atom stereocenters. The summed E-state index contributed by atoms with van der Waals surface area (Å²) in [5.74, 6) is 0.856. The van der Waals surface area contributed by atoms with Gasteiger partial charge in [0, 0.05) is 10.4 Å². The lowest BCUT2D eigenvalue weighted by atomic mass is 10.1. The molecule has 0 spiro atoms. The second-order valence-electron chi connectivity index (χ2n) is 6.60. The maximum absolute atomic E-state index is 13.3. The number of benzene rings is 2. The first-order valence-electron chi connectivity index (χ1n) is 9.51. The van der Waals surface area contributed by atoms with E-state index in [0.717, 1.165) is 17.0 Å². The fourth-order valence-corrected chi connectivity index (χ4v) is 4.99. The summed E-state index contributed by atoms with van der Waals surface area (Å²) in [5.41, 5.74) is 1.23. The quantitative estimate of drug-likeness (QED) is 0.232. The van der Waals surface area contributed by atoms with E-state index in [1.807, 2.05) is 36.4 Å². The molecular weight excluding hydrogens is 416 g/mol. The number of aromatic nitrogens is 2. The first-order valence-corrected chi connectivity index (χ1v) is 11.3. The zero-order chi connectivity index (χ0) is 21.1. The van der Waals surface area contributed by atoms with Crippen LogP contribution >= 0.6 is 23.1 Å². The molecule has 7 heteroatoms. The number of thioether (sulfide) groups is 1. The van der Waals surface area contributed by atoms with Gasteiger partial charge in [-0.1, -0.05) is 36.9 Å². The Hall–Kier alpha value is -2.90. The predicted octanol–water partition coefficient (Wildman–Crippen LogP) is 4.99. The fraction of sp³-hybridized carbons (Fsp3) is 0.174. The van der Waals surface area contributed by atoms with Crippen molar-refractivity contribution in [2.75, 3.05) is 12.9 Å². The number of Topliss-reactive ketones (excluding diaryl/α,β-unsaturated/α-hetero) is 1. The largest absolute Gasteiger partial charge is 0.497 e. The monoisotopic (exact) mass is 436 g/mol. The number of carbonyl (C=O) groups is 1. The maximum Gasteiger partial charge on any atom is 0.267 e. The molecule has 2 aromatic carbocycles. The highest BCUT2D eigenvalue weighted by Gasteiger charge is 2.17. The Labute approximate surface area is 182 Å². The van der Waals surface area contributed by atoms with Crippen molar-refractivity contribution in [2.45, 2.75) is 18.5 Å². The van der Waals surface area contributed by atoms with Crippen LogP contribution in [0.15, 0.2) is 70.6 Å². The molecule has 0 unspecified atom stereocenters. The molecule has 2 aromatic heterocycles. The van der Waals surface area contributed by atoms with E-state index in [9.17, 15) is 9.59 Å². The fourth-order valence-electron chi connectivity index (χ4n) is 3.08. The van der Waals surface area contributed by atoms with E-state index in [2.05, 4.69) is 6.92 Å². The number of ether oxygens (including phenoxy) is 1. The van der Waals surface area contributed by atoms with Gasteiger partial charge in [0.25, 0.3) is 5.56 Å². The summed E-state index contributed by atoms with van der Waals surface area (Å²) < 4.78 is 6.74. The lowest BCUT2D eigenvalue weighted by Crippen LogP contribution is -2.21. The molecule has 4 rings (SSSR count). The lowest BCUT2D eigenvalue weighted by Gasteiger charge is -2.11. The van der Waals surface area contributed by atoms with E-state index in [1.54, 1.807) is 35.9 Å². The van der Waals surface area contributed by atoms with Crippen molar-refractivity contribution in [3.05, 3.63) is 81.5 Å². The Morgan fingerprint density at radius 3 is 2.53 bits per heavy atom. The van der Waals surface area contributed by atoms with Crippen molar-refractivity contribution in [1.82, 2.24) is 9.55 Å². The third kappa shape index (κ3) is 4.04. The van der Waals surface area contributed by atoms with Gasteiger partial charge in [-0.15, -0.1) is 11.3 Å². The Morgan fingerprint density at radius 2 is 1.87 bits per heavy atom. The summed E-state index contributed by atoms with van der Waals surface area (Å²) in [4.78, 5) is 32.5. The van der Waals surface area contributed by atoms with Crippen LogP contribution in [0.25, 0.3) is 15.9 Å². The van der Waals surface area contributed by atoms with Crippen LogP contribution in [0, 0.1) is 0 Å². The number of hydrogen-bond acceptors (Lipinski definition) is 6. The van der Waals surface area contributed by atoms with Crippen LogP contribution in [-0.2, 0) is 6.42 Å². The van der Waals surface area contributed by atoms with Crippen LogP contribution < -0.4 is 10.3 Å². The predicted molar refractivity (Wildman–Crippen MR) is 123 cm³/mol. The number of aryl methyl sites for hydroxylation is 1. The summed E-state index contributed by atoms with van der Waals surface area (Å²) >= 11 is 2.81. The molecule has 0 saturated carbocycles. The first-order chi connectivity index (χ1) is 14.6. The molecule has 152 valence electrons. The van der Waals surface area contributed by atoms with Crippen LogP contribution in [0.2, 0.25) is 0 Å². The lowest BCUT2D eigenvalue weighted by molar-refractivity contribution is 0.102. The Morgan fingerprint density at radius 1 is 1.13 bits per heavy atom. The molecule has 5 nitrogen and oxygen atoms in total. The highest BCUT2D eigenvalue weighted by Crippen LogP contribution is 2.27. The number of para-hydroxylation sites is 1. The van der Waals surface area contributed by atoms with Gasteiger partial charge >= 0.3 is 0 Å². The van der Waals surface area contributed by atoms with Gasteiger partial charge in [-0.3, -0.25) is 14.2 Å². The molecule has 0 radical (unpaired) electrons. The Balaban J connectivity index is 1.71. The molecule has 0 bridgehead atoms. The molecule has 0 amide bonds. The smallest absolute Gasteiger partial charge is 0.267 e. The normalized spacial score (nSPS) is 11.0. The summed E-state index contributed by atoms with van der Waals surface area (Å²) in [6, 6.07) is 18.4. The van der Waals surface area contributed by atoms with Gasteiger partial charge in [0.05, 0.1) is 23.9 Å². The number of hydrogen-bond donors (Lipinski definition) is 0. The highest BCUT2D eigenvalue weighted by molar-refractivity contribution is 7.99. The van der Waals surface area contributed by atoms with Gasteiger partial charge in [-0.25, -0.2) is 4.98 Å². The number of carbonyl (C=O) groups excluding carboxylic acids is 1. The number of fused-ring (bicyclic) bond motifs is 1. The van der Waals surface area contributed by atoms with Crippen LogP contribution in [0.3, 0.4) is 0 Å². The summed E-state index contributed by atoms with van der Waals surface area (Å²) in [6.45, 7) is 2.06. The first kappa shape index (κ1) is 20.4. The van der Waals surface area contributed by atoms with E-state index in [1.165, 1.54) is 23.1 Å². The highest BCUT2D eigenvalue weighted by atomic mass is 32.2. The van der Waals surface area contributed by atoms with Crippen molar-refractivity contribution in [2.24, 2.45) is 0 Å². The molecule has 0 saturated heterocycles. The van der Waals surface area contributed by atoms with E-state index in [-0.39, 0.29) is 17.1 Å². The zero-order valence-electron chi connectivity index (χ0n) is 16.6. The second-order valence-corrected chi connectivity index (χ2v) is 8.65. The topological polar surface area (TPSA) is 61.2 Å². The average Bonchev–Trinajstić information content (AvgIpc) is 3.22. The molecule has 0 aliphatic heterocycles. The van der Waals surface area contributed by atoms with Gasteiger partial charge in [0.15, 0.2) is 10.9 Å². The van der Waals surface area contributed by atoms with Crippen molar-refractivity contribution < 1.29 is 9.53 Å². The molecule has 0 aliphatic rings. The Kier molecular flexibility index (Phi) is 6.01. The number of rotatable bonds is 7. The second kappa shape index (κ2) is 8.85. The minimum atomic E-state index is -0.110. The van der Waals surface area contributed by atoms with Crippen molar-refractivity contribution >= 4 is 39.1 Å². The van der Waals surface area contributed by atoms with Crippen molar-refractivity contribution in [1.29, 1.82) is 0 Å². The SMILES string of the molecule is CCc1cc2c(=O)n(-c3ccccc3)c(SCC(=O)c3ccc(OC)cc3)nc2s1. The summed E-state index contributed by atoms with van der Waals surface area (Å²) in [6.07, 6.45) is 0.851. The summed E-state index contributed by atoms with van der Waals surface area (Å²) in [5, 5.41) is 1.14. The third-order valence-corrected chi connectivity index (χ3v) is 6.80. The van der Waals surface area contributed by atoms with Gasteiger partial charge in [-0.05, 0) is 48.9 Å². The van der Waals surface area contributed by atoms with Gasteiger partial charge in [-0.2, -0.15) is 0 Å². The molecule has 2 heterocycles. The van der Waals surface area contributed by atoms with Gasteiger partial charge in [0.2, 0.25) is 0 Å². The number of thiophene rings is 1. The van der Waals surface area contributed by atoms with Crippen LogP contribution in [-0.4, -0.2) is 28.2 Å². The van der Waals surface area contributed by atoms with Crippen molar-refractivity contribution in [3.63, 3.8) is 0 Å². The van der Waals surface area contributed by atoms with Crippen LogP contribution in [0.4, 0.5) is 0 Å². The summed E-state index contributed by atoms with van der Waals surface area (Å²) in [7, 11) is 1.59. The Bertz CT molecular complexity index is 1250. The molecule has 0 fully saturated rings. The van der Waals surface area contributed by atoms with E-state index >= 15 is 0 Å². The average molecular weight is 437 g/mol. The van der Waals surface area contributed by atoms with E-state index in [0.29, 0.717) is 26.7 Å². The van der Waals surface area contributed by atoms with Crippen LogP contribution in [0.5, 0.6) is 5.75 Å². The molecular formula is C23H20N2O3S2. The number of ketones is 1. The van der Waals surface area contributed by atoms with E-state index in [4.69, 9.17) is 9.72 Å². The molecule has 0 N–H and O–H groups in total. The minimum absolute atomic E-state index is 0.0305. The number of methoxy groups -OCH3 is 1. The standard InChI is InChI=1S/C23H20N2O3S2/c1-3-18-13-19-21(30-18)24-23(25(22(19)27)16-7-5-4-6-8-16)29-14-20(26)15-9-11-17(28-2)12-10-15/h4-13H,3,14H2,1-2H3. The van der Waals surface area contributed by atoms with Crippen LogP contribution in [0.1, 0.15) is 22.2 Å². The zero-order valence-corrected chi connectivity index (χ0v) is 18.3. The third-order valence-electron chi connectivity index (χ3n) is 4.69. The van der Waals surface area contributed by atoms with Crippen molar-refractivity contribution in [3.8, 4) is 11.4 Å². The molecule has 30 heavy (non-hydrogen) atoms. The minimum Gasteiger partial charge on any atom is -0.497 e. The van der Waals surface area contributed by atoms with Gasteiger partial charge in [0.1, 0.15) is 10.6 Å². The number of nitrogens with zero attached hydrogens (tertiary/aromatic N) is 2. The maximum atomic E-state index is 13.3. The van der Waals surface area contributed by atoms with Gasteiger partial charge < -0.3 is 4.74 Å².